The van der Waals surface area contributed by atoms with E-state index in [2.05, 4.69) is 17.9 Å². The van der Waals surface area contributed by atoms with Crippen molar-refractivity contribution in [2.45, 2.75) is 13.3 Å². The first-order valence-corrected chi connectivity index (χ1v) is 4.08. The summed E-state index contributed by atoms with van der Waals surface area (Å²) in [5, 5.41) is 0. The highest BCUT2D eigenvalue weighted by atomic mass is 16.5. The molecule has 1 aromatic rings. The van der Waals surface area contributed by atoms with Crippen molar-refractivity contribution in [3.05, 3.63) is 29.3 Å². The highest BCUT2D eigenvalue weighted by Gasteiger charge is 2.10. The van der Waals surface area contributed by atoms with E-state index >= 15 is 0 Å². The summed E-state index contributed by atoms with van der Waals surface area (Å²) in [6.45, 7) is 2.67. The minimum Gasteiger partial charge on any atom is -0.493 e. The van der Waals surface area contributed by atoms with Crippen LogP contribution in [0.1, 0.15) is 18.1 Å². The van der Waals surface area contributed by atoms with E-state index in [9.17, 15) is 0 Å². The van der Waals surface area contributed by atoms with E-state index in [-0.39, 0.29) is 0 Å². The summed E-state index contributed by atoms with van der Waals surface area (Å²) in [6, 6.07) is 6.11. The Morgan fingerprint density at radius 1 is 1.42 bits per heavy atom. The lowest BCUT2D eigenvalue weighted by atomic mass is 10.1. The summed E-state index contributed by atoms with van der Waals surface area (Å²) in [4.78, 5) is 0. The lowest BCUT2D eigenvalue weighted by molar-refractivity contribution is 0.357. The third kappa shape index (κ3) is 1.16. The highest BCUT2D eigenvalue weighted by molar-refractivity contribution is 5.45. The lowest BCUT2D eigenvalue weighted by Gasteiger charge is -1.97. The second-order valence-corrected chi connectivity index (χ2v) is 2.80. The quantitative estimate of drug-likeness (QED) is 0.525. The van der Waals surface area contributed by atoms with Gasteiger partial charge in [0.05, 0.1) is 6.61 Å². The molecule has 0 saturated heterocycles. The van der Waals surface area contributed by atoms with Crippen LogP contribution >= 0.6 is 0 Å². The number of benzene rings is 1. The molecule has 0 N–H and O–H groups in total. The van der Waals surface area contributed by atoms with Crippen molar-refractivity contribution in [2.24, 2.45) is 0 Å². The predicted octanol–water partition coefficient (Wildman–Crippen LogP) is 1.99. The monoisotopic (exact) mass is 158 g/mol. The van der Waals surface area contributed by atoms with Gasteiger partial charge >= 0.3 is 0 Å². The molecule has 0 aromatic heterocycles. The molecule has 0 saturated carbocycles. The number of rotatable bonds is 0. The van der Waals surface area contributed by atoms with Crippen LogP contribution in [0.2, 0.25) is 0 Å². The van der Waals surface area contributed by atoms with Crippen LogP contribution < -0.4 is 4.74 Å². The number of hydrogen-bond donors (Lipinski definition) is 0. The summed E-state index contributed by atoms with van der Waals surface area (Å²) in [5.41, 5.74) is 2.37. The van der Waals surface area contributed by atoms with Gasteiger partial charge < -0.3 is 4.74 Å². The van der Waals surface area contributed by atoms with Gasteiger partial charge in [0.1, 0.15) is 5.75 Å². The van der Waals surface area contributed by atoms with Crippen molar-refractivity contribution in [3.63, 3.8) is 0 Å². The summed E-state index contributed by atoms with van der Waals surface area (Å²) in [6.07, 6.45) is 1.02. The maximum Gasteiger partial charge on any atom is 0.122 e. The Labute approximate surface area is 72.4 Å². The SMILES string of the molecule is CC#Cc1ccc2c(c1)CCO2. The molecular weight excluding hydrogens is 148 g/mol. The zero-order chi connectivity index (χ0) is 8.39. The largest absolute Gasteiger partial charge is 0.493 e. The molecule has 0 radical (unpaired) electrons. The minimum absolute atomic E-state index is 0.818. The summed E-state index contributed by atoms with van der Waals surface area (Å²) < 4.78 is 5.38. The van der Waals surface area contributed by atoms with Gasteiger partial charge in [-0.1, -0.05) is 5.92 Å². The minimum atomic E-state index is 0.818. The fraction of sp³-hybridized carbons (Fsp3) is 0.273. The average Bonchev–Trinajstić information content (AvgIpc) is 2.51. The highest BCUT2D eigenvalue weighted by Crippen LogP contribution is 2.25. The van der Waals surface area contributed by atoms with E-state index < -0.39 is 0 Å². The molecular formula is C11H10O. The Bertz CT molecular complexity index is 355. The first kappa shape index (κ1) is 7.24. The van der Waals surface area contributed by atoms with Crippen molar-refractivity contribution in [1.29, 1.82) is 0 Å². The Balaban J connectivity index is 2.43. The van der Waals surface area contributed by atoms with Gasteiger partial charge in [-0.15, -0.1) is 5.92 Å². The molecule has 12 heavy (non-hydrogen) atoms. The van der Waals surface area contributed by atoms with E-state index in [4.69, 9.17) is 4.74 Å². The standard InChI is InChI=1S/C11H10O/c1-2-3-9-4-5-11-10(8-9)6-7-12-11/h4-5,8H,6-7H2,1H3. The Morgan fingerprint density at radius 3 is 3.17 bits per heavy atom. The van der Waals surface area contributed by atoms with Gasteiger partial charge in [-0.2, -0.15) is 0 Å². The molecule has 60 valence electrons. The zero-order valence-electron chi connectivity index (χ0n) is 7.05. The lowest BCUT2D eigenvalue weighted by Crippen LogP contribution is -1.85. The fourth-order valence-corrected chi connectivity index (χ4v) is 1.41. The average molecular weight is 158 g/mol. The van der Waals surface area contributed by atoms with Crippen LogP contribution in [0, 0.1) is 11.8 Å². The van der Waals surface area contributed by atoms with Crippen LogP contribution in [0.4, 0.5) is 0 Å². The third-order valence-electron chi connectivity index (χ3n) is 1.96. The first-order valence-electron chi connectivity index (χ1n) is 4.08. The van der Waals surface area contributed by atoms with Crippen molar-refractivity contribution in [3.8, 4) is 17.6 Å². The normalized spacial score (nSPS) is 12.8. The second kappa shape index (κ2) is 2.91. The topological polar surface area (TPSA) is 9.23 Å². The molecule has 0 unspecified atom stereocenters. The van der Waals surface area contributed by atoms with E-state index in [1.54, 1.807) is 0 Å². The number of ether oxygens (including phenoxy) is 1. The van der Waals surface area contributed by atoms with E-state index in [0.29, 0.717) is 0 Å². The van der Waals surface area contributed by atoms with Crippen molar-refractivity contribution in [2.75, 3.05) is 6.61 Å². The van der Waals surface area contributed by atoms with Gasteiger partial charge in [0.25, 0.3) is 0 Å². The maximum atomic E-state index is 5.38. The zero-order valence-corrected chi connectivity index (χ0v) is 7.05. The molecule has 1 aromatic carbocycles. The second-order valence-electron chi connectivity index (χ2n) is 2.80. The van der Waals surface area contributed by atoms with Crippen molar-refractivity contribution in [1.82, 2.24) is 0 Å². The molecule has 0 aliphatic carbocycles. The van der Waals surface area contributed by atoms with Crippen LogP contribution in [0.25, 0.3) is 0 Å². The molecule has 1 nitrogen and oxygen atoms in total. The molecule has 0 spiro atoms. The molecule has 0 bridgehead atoms. The Kier molecular flexibility index (Phi) is 1.75. The first-order chi connectivity index (χ1) is 5.90. The number of fused-ring (bicyclic) bond motifs is 1. The van der Waals surface area contributed by atoms with Crippen LogP contribution in [-0.4, -0.2) is 6.61 Å². The molecule has 1 aliphatic heterocycles. The van der Waals surface area contributed by atoms with Crippen molar-refractivity contribution >= 4 is 0 Å². The van der Waals surface area contributed by atoms with Crippen LogP contribution in [0.5, 0.6) is 5.75 Å². The summed E-state index contributed by atoms with van der Waals surface area (Å²) in [5.74, 6) is 6.94. The summed E-state index contributed by atoms with van der Waals surface area (Å²) in [7, 11) is 0. The van der Waals surface area contributed by atoms with Gasteiger partial charge in [0.2, 0.25) is 0 Å². The van der Waals surface area contributed by atoms with Crippen molar-refractivity contribution < 1.29 is 4.74 Å². The van der Waals surface area contributed by atoms with Gasteiger partial charge in [-0.3, -0.25) is 0 Å². The molecule has 1 aliphatic rings. The summed E-state index contributed by atoms with van der Waals surface area (Å²) >= 11 is 0. The molecule has 1 heterocycles. The molecule has 1 heteroatoms. The van der Waals surface area contributed by atoms with Gasteiger partial charge in [-0.25, -0.2) is 0 Å². The van der Waals surface area contributed by atoms with Gasteiger partial charge in [0.15, 0.2) is 0 Å². The molecule has 0 fully saturated rings. The molecule has 2 rings (SSSR count). The van der Waals surface area contributed by atoms with Crippen LogP contribution in [0.15, 0.2) is 18.2 Å². The van der Waals surface area contributed by atoms with Gasteiger partial charge in [0, 0.05) is 12.0 Å². The molecule has 0 atom stereocenters. The van der Waals surface area contributed by atoms with E-state index in [1.165, 1.54) is 5.56 Å². The predicted molar refractivity (Wildman–Crippen MR) is 48.2 cm³/mol. The number of hydrogen-bond acceptors (Lipinski definition) is 1. The Morgan fingerprint density at radius 2 is 2.33 bits per heavy atom. The van der Waals surface area contributed by atoms with Crippen LogP contribution in [-0.2, 0) is 6.42 Å². The molecule has 0 amide bonds. The fourth-order valence-electron chi connectivity index (χ4n) is 1.41. The third-order valence-corrected chi connectivity index (χ3v) is 1.96. The smallest absolute Gasteiger partial charge is 0.122 e. The van der Waals surface area contributed by atoms with E-state index in [1.807, 2.05) is 19.1 Å². The van der Waals surface area contributed by atoms with Crippen LogP contribution in [0.3, 0.4) is 0 Å². The van der Waals surface area contributed by atoms with Gasteiger partial charge in [-0.05, 0) is 30.7 Å². The Hall–Kier alpha value is -1.42. The van der Waals surface area contributed by atoms with E-state index in [0.717, 1.165) is 24.3 Å². The maximum absolute atomic E-state index is 5.38.